The summed E-state index contributed by atoms with van der Waals surface area (Å²) in [6, 6.07) is 17.6. The summed E-state index contributed by atoms with van der Waals surface area (Å²) in [4.78, 5) is 26.9. The standard InChI is InChI=1S/C50H68ClN3O3.BrH/c1-7-9-34-52-46(55)28-13-11-19-35-53-42-26-17-15-24-40(42)49(3,4)44(53)32-30-38-22-21-23-39(48(38)51)31-33-45-50(5,6)41-25-16-18-27-43(41)54(45)36-20-12-14-29-47(56)57-37-10-8-2;/h15-18,24-27,30-33H,7-14,19-23,28-29,34-37H2,1-6H3;1H. The predicted molar refractivity (Wildman–Crippen MR) is 239 cm³/mol. The summed E-state index contributed by atoms with van der Waals surface area (Å²) >= 11 is 7.30. The molecular weight excluding hydrogens is 806 g/mol. The second-order valence-corrected chi connectivity index (χ2v) is 17.5. The zero-order chi connectivity index (χ0) is 40.8. The molecule has 316 valence electrons. The van der Waals surface area contributed by atoms with Crippen LogP contribution in [0, 0.1) is 0 Å². The molecule has 0 spiro atoms. The highest BCUT2D eigenvalue weighted by atomic mass is 79.9. The molecule has 2 aromatic rings. The number of rotatable bonds is 21. The number of ether oxygens (including phenoxy) is 1. The molecule has 0 unspecified atom stereocenters. The molecule has 8 heteroatoms. The number of anilines is 1. The number of para-hydroxylation sites is 2. The van der Waals surface area contributed by atoms with Gasteiger partial charge in [-0.1, -0.05) is 107 Å². The summed E-state index contributed by atoms with van der Waals surface area (Å²) in [5, 5.41) is 3.93. The normalized spacial score (nSPS) is 18.2. The van der Waals surface area contributed by atoms with E-state index >= 15 is 0 Å². The van der Waals surface area contributed by atoms with E-state index in [0.717, 1.165) is 108 Å². The largest absolute Gasteiger partial charge is 1.00 e. The molecule has 0 atom stereocenters. The van der Waals surface area contributed by atoms with Gasteiger partial charge in [-0.2, -0.15) is 4.58 Å². The number of halogens is 2. The molecule has 0 saturated carbocycles. The Bertz CT molecular complexity index is 1870. The van der Waals surface area contributed by atoms with Crippen LogP contribution >= 0.6 is 11.6 Å². The van der Waals surface area contributed by atoms with Gasteiger partial charge in [0, 0.05) is 71.9 Å². The minimum atomic E-state index is -0.144. The topological polar surface area (TPSA) is 61.7 Å². The number of nitrogens with zero attached hydrogens (tertiary/aromatic N) is 2. The van der Waals surface area contributed by atoms with Crippen LogP contribution in [0.3, 0.4) is 0 Å². The Hall–Kier alpha value is -3.42. The van der Waals surface area contributed by atoms with Gasteiger partial charge in [-0.05, 0) is 100 Å². The average molecular weight is 875 g/mol. The zero-order valence-electron chi connectivity index (χ0n) is 36.2. The highest BCUT2D eigenvalue weighted by Crippen LogP contribution is 2.48. The monoisotopic (exact) mass is 873 g/mol. The summed E-state index contributed by atoms with van der Waals surface area (Å²) < 4.78 is 7.87. The van der Waals surface area contributed by atoms with Gasteiger partial charge in [-0.15, -0.1) is 0 Å². The van der Waals surface area contributed by atoms with Crippen molar-refractivity contribution in [3.05, 3.63) is 106 Å². The average Bonchev–Trinajstić information content (AvgIpc) is 3.55. The van der Waals surface area contributed by atoms with Gasteiger partial charge in [0.05, 0.1) is 12.0 Å². The molecule has 0 fully saturated rings. The van der Waals surface area contributed by atoms with Crippen LogP contribution in [0.5, 0.6) is 0 Å². The lowest BCUT2D eigenvalue weighted by Gasteiger charge is -2.27. The van der Waals surface area contributed by atoms with Crippen LogP contribution < -0.4 is 27.2 Å². The number of hydrogen-bond donors (Lipinski definition) is 1. The van der Waals surface area contributed by atoms with E-state index in [4.69, 9.17) is 16.3 Å². The Labute approximate surface area is 365 Å². The third-order valence-corrected chi connectivity index (χ3v) is 12.6. The summed E-state index contributed by atoms with van der Waals surface area (Å²) in [6.45, 7) is 16.7. The fourth-order valence-corrected chi connectivity index (χ4v) is 8.99. The van der Waals surface area contributed by atoms with Crippen molar-refractivity contribution < 1.29 is 35.9 Å². The first-order valence-corrected chi connectivity index (χ1v) is 22.4. The summed E-state index contributed by atoms with van der Waals surface area (Å²) in [7, 11) is 0. The highest BCUT2D eigenvalue weighted by Gasteiger charge is 2.44. The summed E-state index contributed by atoms with van der Waals surface area (Å²) in [5.74, 6) is 0.0997. The molecule has 0 aromatic heterocycles. The van der Waals surface area contributed by atoms with Crippen molar-refractivity contribution in [2.24, 2.45) is 0 Å². The van der Waals surface area contributed by atoms with E-state index in [1.54, 1.807) is 0 Å². The zero-order valence-corrected chi connectivity index (χ0v) is 38.6. The van der Waals surface area contributed by atoms with Gasteiger partial charge < -0.3 is 31.9 Å². The molecule has 58 heavy (non-hydrogen) atoms. The fraction of sp³-hybridized carbons (Fsp3) is 0.540. The van der Waals surface area contributed by atoms with Crippen molar-refractivity contribution in [3.63, 3.8) is 0 Å². The molecule has 6 nitrogen and oxygen atoms in total. The van der Waals surface area contributed by atoms with Crippen molar-refractivity contribution in [3.8, 4) is 0 Å². The second-order valence-electron chi connectivity index (χ2n) is 17.1. The minimum Gasteiger partial charge on any atom is -1.00 e. The number of esters is 1. The van der Waals surface area contributed by atoms with E-state index < -0.39 is 0 Å². The Morgan fingerprint density at radius 3 is 2.29 bits per heavy atom. The molecule has 2 heterocycles. The van der Waals surface area contributed by atoms with Crippen LogP contribution in [0.1, 0.15) is 149 Å². The van der Waals surface area contributed by atoms with E-state index in [0.29, 0.717) is 19.4 Å². The number of allylic oxidation sites excluding steroid dienone is 8. The van der Waals surface area contributed by atoms with E-state index in [2.05, 4.69) is 129 Å². The molecule has 2 aromatic carbocycles. The smallest absolute Gasteiger partial charge is 0.305 e. The molecule has 2 aliphatic heterocycles. The number of unbranched alkanes of at least 4 members (excludes halogenated alkanes) is 6. The first-order valence-electron chi connectivity index (χ1n) is 22.0. The van der Waals surface area contributed by atoms with Crippen molar-refractivity contribution in [1.82, 2.24) is 5.32 Å². The van der Waals surface area contributed by atoms with Crippen LogP contribution in [-0.2, 0) is 25.2 Å². The number of benzene rings is 2. The maximum Gasteiger partial charge on any atom is 0.305 e. The van der Waals surface area contributed by atoms with Crippen molar-refractivity contribution >= 4 is 40.6 Å². The highest BCUT2D eigenvalue weighted by molar-refractivity contribution is 6.32. The predicted octanol–water partition coefficient (Wildman–Crippen LogP) is 9.29. The third-order valence-electron chi connectivity index (χ3n) is 12.1. The number of nitrogens with one attached hydrogen (secondary N) is 1. The van der Waals surface area contributed by atoms with Gasteiger partial charge >= 0.3 is 5.97 Å². The molecule has 0 saturated heterocycles. The molecule has 5 rings (SSSR count). The fourth-order valence-electron chi connectivity index (χ4n) is 8.67. The van der Waals surface area contributed by atoms with Crippen molar-refractivity contribution in [2.45, 2.75) is 149 Å². The van der Waals surface area contributed by atoms with Crippen LogP contribution in [0.15, 0.2) is 94.7 Å². The Kier molecular flexibility index (Phi) is 18.6. The summed E-state index contributed by atoms with van der Waals surface area (Å²) in [5.41, 5.74) is 9.94. The molecule has 1 amide bonds. The second kappa shape index (κ2) is 22.8. The van der Waals surface area contributed by atoms with Gasteiger partial charge in [-0.3, -0.25) is 9.59 Å². The molecular formula is C50H69BrClN3O3. The first-order chi connectivity index (χ1) is 27.5. The van der Waals surface area contributed by atoms with E-state index in [1.165, 1.54) is 45.1 Å². The first kappa shape index (κ1) is 47.3. The third kappa shape index (κ3) is 11.9. The van der Waals surface area contributed by atoms with E-state index in [1.807, 2.05) is 0 Å². The van der Waals surface area contributed by atoms with E-state index in [-0.39, 0.29) is 39.7 Å². The minimum absolute atomic E-state index is 0. The molecule has 1 N–H and O–H groups in total. The Morgan fingerprint density at radius 1 is 0.810 bits per heavy atom. The SMILES string of the molecule is CCCCNC(=O)CCCCC[N+]1=C(/C=C/C2=C(Cl)C(=C/C=C3/N(CCCCCC(=O)OCCCC)c4ccccc4C3(C)C)/CCC2)C(C)(C)c2ccccc21.[Br-]. The number of amides is 1. The van der Waals surface area contributed by atoms with Gasteiger partial charge in [0.25, 0.3) is 0 Å². The molecule has 1 aliphatic carbocycles. The maximum atomic E-state index is 12.3. The lowest BCUT2D eigenvalue weighted by atomic mass is 9.81. The lowest BCUT2D eigenvalue weighted by molar-refractivity contribution is -0.438. The van der Waals surface area contributed by atoms with Crippen LogP contribution in [-0.4, -0.2) is 48.4 Å². The van der Waals surface area contributed by atoms with Crippen molar-refractivity contribution in [2.75, 3.05) is 31.1 Å². The number of carbonyl (C=O) groups excluding carboxylic acids is 2. The molecule has 3 aliphatic rings. The molecule has 0 radical (unpaired) electrons. The van der Waals surface area contributed by atoms with Crippen LogP contribution in [0.2, 0.25) is 0 Å². The Balaban J connectivity index is 0.00000744. The van der Waals surface area contributed by atoms with Crippen molar-refractivity contribution in [1.29, 1.82) is 0 Å². The van der Waals surface area contributed by atoms with Gasteiger partial charge in [0.2, 0.25) is 11.6 Å². The Morgan fingerprint density at radius 2 is 1.52 bits per heavy atom. The van der Waals surface area contributed by atoms with Crippen LogP contribution in [0.4, 0.5) is 11.4 Å². The number of carbonyl (C=O) groups is 2. The number of fused-ring (bicyclic) bond motifs is 2. The van der Waals surface area contributed by atoms with E-state index in [9.17, 15) is 9.59 Å². The van der Waals surface area contributed by atoms with Gasteiger partial charge in [-0.25, -0.2) is 0 Å². The van der Waals surface area contributed by atoms with Gasteiger partial charge in [0.1, 0.15) is 6.54 Å². The molecule has 0 bridgehead atoms. The quantitative estimate of drug-likeness (QED) is 0.0773. The maximum absolute atomic E-state index is 12.3. The summed E-state index contributed by atoms with van der Waals surface area (Å²) in [6.07, 6.45) is 23.1. The number of hydrogen-bond acceptors (Lipinski definition) is 4. The van der Waals surface area contributed by atoms with Crippen LogP contribution in [0.25, 0.3) is 0 Å². The lowest BCUT2D eigenvalue weighted by Crippen LogP contribution is -3.00. The van der Waals surface area contributed by atoms with Gasteiger partial charge in [0.15, 0.2) is 5.71 Å².